The van der Waals surface area contributed by atoms with E-state index >= 15 is 0 Å². The molecule has 0 aliphatic carbocycles. The summed E-state index contributed by atoms with van der Waals surface area (Å²) in [5, 5.41) is 0.512. The number of benzene rings is 1. The minimum Gasteiger partial charge on any atom is -0.336 e. The van der Waals surface area contributed by atoms with Crippen LogP contribution in [0.4, 0.5) is 5.69 Å². The number of nitrogens with zero attached hydrogens (tertiary/aromatic N) is 2. The van der Waals surface area contributed by atoms with E-state index in [-0.39, 0.29) is 0 Å². The minimum absolute atomic E-state index is 0.477. The zero-order chi connectivity index (χ0) is 13.4. The molecule has 0 N–H and O–H groups in total. The van der Waals surface area contributed by atoms with Crippen LogP contribution in [0.2, 0.25) is 5.02 Å². The van der Waals surface area contributed by atoms with Gasteiger partial charge in [0.25, 0.3) is 0 Å². The number of amides is 2. The summed E-state index contributed by atoms with van der Waals surface area (Å²) < 4.78 is 0. The number of likely N-dealkylation sites (N-methyl/N-ethyl adjacent to an activating group) is 1. The Balaban J connectivity index is 2.44. The Bertz CT molecular complexity index is 505. The van der Waals surface area contributed by atoms with Crippen LogP contribution in [0.5, 0.6) is 0 Å². The highest BCUT2D eigenvalue weighted by Crippen LogP contribution is 2.32. The normalized spacial score (nSPS) is 16.4. The molecule has 0 radical (unpaired) electrons. The molecule has 96 valence electrons. The molecule has 1 saturated heterocycles. The van der Waals surface area contributed by atoms with Crippen LogP contribution in [0.3, 0.4) is 0 Å². The van der Waals surface area contributed by atoms with E-state index in [2.05, 4.69) is 0 Å². The fourth-order valence-corrected chi connectivity index (χ4v) is 2.62. The van der Waals surface area contributed by atoms with Gasteiger partial charge in [-0.05, 0) is 31.0 Å². The zero-order valence-electron chi connectivity index (χ0n) is 10.7. The maximum atomic E-state index is 12.0. The van der Waals surface area contributed by atoms with Gasteiger partial charge < -0.3 is 9.80 Å². The first-order chi connectivity index (χ1) is 8.41. The quantitative estimate of drug-likeness (QED) is 0.727. The number of hydrogen-bond donors (Lipinski definition) is 0. The number of carbonyl (C=O) groups excluding carboxylic acids is 2. The Hall–Kier alpha value is -1.55. The van der Waals surface area contributed by atoms with Gasteiger partial charge in [-0.15, -0.1) is 0 Å². The number of rotatable bonds is 1. The van der Waals surface area contributed by atoms with Gasteiger partial charge >= 0.3 is 11.8 Å². The van der Waals surface area contributed by atoms with Crippen molar-refractivity contribution in [3.8, 4) is 0 Å². The number of piperazine rings is 1. The highest BCUT2D eigenvalue weighted by atomic mass is 35.5. The number of aryl methyl sites for hydroxylation is 2. The molecular weight excluding hydrogens is 252 g/mol. The fourth-order valence-electron chi connectivity index (χ4n) is 2.20. The summed E-state index contributed by atoms with van der Waals surface area (Å²) in [5.41, 5.74) is 2.59. The molecule has 1 aliphatic rings. The molecule has 0 bridgehead atoms. The lowest BCUT2D eigenvalue weighted by Crippen LogP contribution is -2.53. The van der Waals surface area contributed by atoms with Crippen LogP contribution in [0, 0.1) is 13.8 Å². The van der Waals surface area contributed by atoms with Crippen LogP contribution in [-0.2, 0) is 9.59 Å². The van der Waals surface area contributed by atoms with Gasteiger partial charge in [0.15, 0.2) is 0 Å². The van der Waals surface area contributed by atoms with Gasteiger partial charge in [-0.2, -0.15) is 0 Å². The maximum absolute atomic E-state index is 12.0. The van der Waals surface area contributed by atoms with Crippen molar-refractivity contribution in [3.63, 3.8) is 0 Å². The minimum atomic E-state index is -0.516. The van der Waals surface area contributed by atoms with Crippen LogP contribution in [-0.4, -0.2) is 36.9 Å². The van der Waals surface area contributed by atoms with E-state index in [0.717, 1.165) is 11.1 Å². The van der Waals surface area contributed by atoms with Crippen molar-refractivity contribution in [1.29, 1.82) is 0 Å². The number of carbonyl (C=O) groups is 2. The van der Waals surface area contributed by atoms with Crippen molar-refractivity contribution < 1.29 is 9.59 Å². The van der Waals surface area contributed by atoms with Crippen LogP contribution < -0.4 is 4.90 Å². The third kappa shape index (κ3) is 2.08. The Morgan fingerprint density at radius 3 is 2.39 bits per heavy atom. The first kappa shape index (κ1) is 12.9. The fraction of sp³-hybridized carbons (Fsp3) is 0.385. The van der Waals surface area contributed by atoms with Gasteiger partial charge in [0, 0.05) is 20.1 Å². The molecule has 5 heteroatoms. The topological polar surface area (TPSA) is 40.6 Å². The molecular formula is C13H15ClN2O2. The summed E-state index contributed by atoms with van der Waals surface area (Å²) in [6.07, 6.45) is 0. The van der Waals surface area contributed by atoms with E-state index in [1.54, 1.807) is 13.1 Å². The van der Waals surface area contributed by atoms with Crippen molar-refractivity contribution in [1.82, 2.24) is 4.90 Å². The second-order valence-corrected chi connectivity index (χ2v) is 5.00. The molecule has 2 rings (SSSR count). The van der Waals surface area contributed by atoms with E-state index < -0.39 is 11.8 Å². The van der Waals surface area contributed by atoms with E-state index in [9.17, 15) is 9.59 Å². The van der Waals surface area contributed by atoms with Gasteiger partial charge in [0.1, 0.15) is 0 Å². The monoisotopic (exact) mass is 266 g/mol. The van der Waals surface area contributed by atoms with Gasteiger partial charge in [0.05, 0.1) is 10.7 Å². The molecule has 18 heavy (non-hydrogen) atoms. The Morgan fingerprint density at radius 2 is 1.78 bits per heavy atom. The third-order valence-corrected chi connectivity index (χ3v) is 3.39. The van der Waals surface area contributed by atoms with Crippen molar-refractivity contribution in [2.45, 2.75) is 13.8 Å². The maximum Gasteiger partial charge on any atom is 0.316 e. The summed E-state index contributed by atoms with van der Waals surface area (Å²) in [6, 6.07) is 3.76. The summed E-state index contributed by atoms with van der Waals surface area (Å²) in [4.78, 5) is 26.6. The molecule has 1 aromatic carbocycles. The average Bonchev–Trinajstić information content (AvgIpc) is 2.28. The smallest absolute Gasteiger partial charge is 0.316 e. The average molecular weight is 267 g/mol. The molecule has 0 saturated carbocycles. The van der Waals surface area contributed by atoms with Gasteiger partial charge in [-0.25, -0.2) is 0 Å². The highest BCUT2D eigenvalue weighted by Gasteiger charge is 2.32. The molecule has 0 atom stereocenters. The van der Waals surface area contributed by atoms with Crippen molar-refractivity contribution in [2.24, 2.45) is 0 Å². The first-order valence-electron chi connectivity index (χ1n) is 5.75. The summed E-state index contributed by atoms with van der Waals surface area (Å²) in [5.74, 6) is -1.00. The third-order valence-electron chi connectivity index (χ3n) is 3.10. The Kier molecular flexibility index (Phi) is 3.30. The summed E-state index contributed by atoms with van der Waals surface area (Å²) >= 11 is 6.20. The Morgan fingerprint density at radius 1 is 1.11 bits per heavy atom. The van der Waals surface area contributed by atoms with Crippen molar-refractivity contribution in [2.75, 3.05) is 25.0 Å². The van der Waals surface area contributed by atoms with E-state index in [4.69, 9.17) is 11.6 Å². The lowest BCUT2D eigenvalue weighted by atomic mass is 10.1. The molecule has 0 spiro atoms. The molecule has 1 aliphatic heterocycles. The summed E-state index contributed by atoms with van der Waals surface area (Å²) in [7, 11) is 1.63. The number of anilines is 1. The number of halogens is 1. The van der Waals surface area contributed by atoms with Crippen LogP contribution in [0.15, 0.2) is 12.1 Å². The highest BCUT2D eigenvalue weighted by molar-refractivity contribution is 6.42. The zero-order valence-corrected chi connectivity index (χ0v) is 11.4. The predicted octanol–water partition coefficient (Wildman–Crippen LogP) is 1.76. The molecule has 4 nitrogen and oxygen atoms in total. The van der Waals surface area contributed by atoms with Gasteiger partial charge in [-0.3, -0.25) is 9.59 Å². The molecule has 0 aromatic heterocycles. The van der Waals surface area contributed by atoms with Crippen LogP contribution in [0.25, 0.3) is 0 Å². The number of hydrogen-bond acceptors (Lipinski definition) is 2. The molecule has 1 aromatic rings. The standard InChI is InChI=1S/C13H15ClN2O2/c1-8-6-9(2)11(10(14)7-8)16-5-4-15(3)12(17)13(16)18/h6-7H,4-5H2,1-3H3. The van der Waals surface area contributed by atoms with Crippen LogP contribution in [0.1, 0.15) is 11.1 Å². The molecule has 1 fully saturated rings. The van der Waals surface area contributed by atoms with Crippen molar-refractivity contribution in [3.05, 3.63) is 28.3 Å². The Labute approximate surface area is 111 Å². The van der Waals surface area contributed by atoms with E-state index in [0.29, 0.717) is 23.8 Å². The largest absolute Gasteiger partial charge is 0.336 e. The van der Waals surface area contributed by atoms with Gasteiger partial charge in [0.2, 0.25) is 0 Å². The SMILES string of the molecule is Cc1cc(C)c(N2CCN(C)C(=O)C2=O)c(Cl)c1. The predicted molar refractivity (Wildman–Crippen MR) is 70.9 cm³/mol. The molecule has 0 unspecified atom stereocenters. The second kappa shape index (κ2) is 4.61. The summed E-state index contributed by atoms with van der Waals surface area (Å²) in [6.45, 7) is 4.84. The van der Waals surface area contributed by atoms with Crippen LogP contribution >= 0.6 is 11.6 Å². The lowest BCUT2D eigenvalue weighted by molar-refractivity contribution is -0.145. The molecule has 2 amide bonds. The van der Waals surface area contributed by atoms with E-state index in [1.165, 1.54) is 9.80 Å². The van der Waals surface area contributed by atoms with Gasteiger partial charge in [-0.1, -0.05) is 17.7 Å². The van der Waals surface area contributed by atoms with E-state index in [1.807, 2.05) is 19.9 Å². The first-order valence-corrected chi connectivity index (χ1v) is 6.13. The lowest BCUT2D eigenvalue weighted by Gasteiger charge is -2.33. The second-order valence-electron chi connectivity index (χ2n) is 4.60. The van der Waals surface area contributed by atoms with Crippen molar-refractivity contribution >= 4 is 29.1 Å². The molecule has 1 heterocycles.